The Hall–Kier alpha value is -5.73. The van der Waals surface area contributed by atoms with Crippen LogP contribution in [0.5, 0.6) is 0 Å². The number of hydrogen-bond donors (Lipinski definition) is 3. The topological polar surface area (TPSA) is 246 Å². The Kier molecular flexibility index (Phi) is 17.0. The maximum Gasteiger partial charge on any atom is 0.341 e. The summed E-state index contributed by atoms with van der Waals surface area (Å²) in [5, 5.41) is 21.3. The molecule has 5 N–H and O–H groups in total. The summed E-state index contributed by atoms with van der Waals surface area (Å²) >= 11 is 0. The number of rotatable bonds is 15. The van der Waals surface area contributed by atoms with Crippen molar-refractivity contribution in [3.63, 3.8) is 0 Å². The minimum absolute atomic E-state index is 0.146. The van der Waals surface area contributed by atoms with E-state index < -0.39 is 65.5 Å². The first-order chi connectivity index (χ1) is 31.1. The normalized spacial score (nSPS) is 16.1. The highest BCUT2D eigenvalue weighted by Crippen LogP contribution is 2.35. The zero-order valence-corrected chi connectivity index (χ0v) is 37.4. The van der Waals surface area contributed by atoms with Gasteiger partial charge in [0.25, 0.3) is 11.8 Å². The summed E-state index contributed by atoms with van der Waals surface area (Å²) in [6.07, 6.45) is 7.94. The average Bonchev–Trinajstić information content (AvgIpc) is 3.93. The van der Waals surface area contributed by atoms with Crippen molar-refractivity contribution < 1.29 is 54.5 Å². The summed E-state index contributed by atoms with van der Waals surface area (Å²) in [5.41, 5.74) is 13.1. The predicted octanol–water partition coefficient (Wildman–Crippen LogP) is 4.85. The van der Waals surface area contributed by atoms with Crippen LogP contribution in [0.3, 0.4) is 0 Å². The van der Waals surface area contributed by atoms with Crippen LogP contribution in [0.15, 0.2) is 70.7 Å². The number of carbonyl (C=O) groups excluding carboxylic acids is 3. The van der Waals surface area contributed by atoms with Crippen molar-refractivity contribution in [2.75, 3.05) is 33.3 Å². The second-order valence-electron chi connectivity index (χ2n) is 15.5. The number of nitriles is 1. The van der Waals surface area contributed by atoms with E-state index in [1.54, 1.807) is 22.0 Å². The first-order valence-electron chi connectivity index (χ1n) is 21.1. The Morgan fingerprint density at radius 3 is 1.45 bits per heavy atom. The number of alkyl halides is 5. The third-order valence-electron chi connectivity index (χ3n) is 11.9. The fourth-order valence-electron chi connectivity index (χ4n) is 7.90. The van der Waals surface area contributed by atoms with Gasteiger partial charge in [0.2, 0.25) is 25.6 Å². The van der Waals surface area contributed by atoms with E-state index in [-0.39, 0.29) is 36.3 Å². The Labute approximate surface area is 375 Å². The van der Waals surface area contributed by atoms with Crippen LogP contribution in [0.2, 0.25) is 0 Å². The van der Waals surface area contributed by atoms with Gasteiger partial charge in [-0.05, 0) is 87.0 Å². The van der Waals surface area contributed by atoms with Crippen LogP contribution in [-0.2, 0) is 48.4 Å². The molecule has 0 aliphatic carbocycles. The Morgan fingerprint density at radius 1 is 0.754 bits per heavy atom. The standard InChI is InChI=1S/C22H25F2N5O4S.C19H24F2N4O3S.CH3F/c1-2-22(8-11-28(12-9-22)19(30)7-10-25)29-14-17(20(26)31)18(27-29)13-15-3-5-16(6-4-15)34(32,33)21(23)24;1-2-19(7-9-23-10-8-19)25-12-15(17(22)26)16(24-25)11-13-3-5-14(6-4-13)29(27,28)18(20)21;1-2/h3-6,14,21H,2,7-9,11-13H2,1H3,(H2,26,31);3-6,12,18,23H,2,7-11H2,1H3,(H2,22,26);1H3/i;;1D. The number of halogens is 5. The van der Waals surface area contributed by atoms with Crippen molar-refractivity contribution in [2.45, 2.75) is 104 Å². The molecule has 2 aromatic carbocycles. The van der Waals surface area contributed by atoms with Gasteiger partial charge in [-0.25, -0.2) is 16.8 Å². The van der Waals surface area contributed by atoms with Gasteiger partial charge >= 0.3 is 11.5 Å². The van der Waals surface area contributed by atoms with Crippen molar-refractivity contribution in [3.8, 4) is 6.07 Å². The maximum absolute atomic E-state index is 12.8. The summed E-state index contributed by atoms with van der Waals surface area (Å²) in [6.45, 7) is 6.69. The lowest BCUT2D eigenvalue weighted by Gasteiger charge is -2.41. The van der Waals surface area contributed by atoms with Gasteiger partial charge in [-0.2, -0.15) is 33.0 Å². The van der Waals surface area contributed by atoms with Crippen molar-refractivity contribution >= 4 is 37.4 Å². The predicted molar refractivity (Wildman–Crippen MR) is 228 cm³/mol. The third-order valence-corrected chi connectivity index (χ3v) is 14.7. The number of aromatic nitrogens is 4. The average molecular weight is 955 g/mol. The van der Waals surface area contributed by atoms with E-state index >= 15 is 0 Å². The number of likely N-dealkylation sites (tertiary alicyclic amines) is 1. The number of nitrogens with one attached hydrogen (secondary N) is 1. The molecule has 0 saturated carbocycles. The number of benzene rings is 2. The quantitative estimate of drug-likeness (QED) is 0.136. The van der Waals surface area contributed by atoms with Crippen LogP contribution in [0.1, 0.15) is 103 Å². The van der Waals surface area contributed by atoms with Crippen LogP contribution in [-0.4, -0.2) is 104 Å². The molecule has 0 bridgehead atoms. The van der Waals surface area contributed by atoms with Gasteiger partial charge in [-0.15, -0.1) is 0 Å². The number of piperidine rings is 2. The highest BCUT2D eigenvalue weighted by molar-refractivity contribution is 7.92. The van der Waals surface area contributed by atoms with Crippen LogP contribution in [0.4, 0.5) is 22.0 Å². The summed E-state index contributed by atoms with van der Waals surface area (Å²) in [4.78, 5) is 36.8. The molecule has 2 aromatic heterocycles. The zero-order valence-electron chi connectivity index (χ0n) is 36.7. The lowest BCUT2D eigenvalue weighted by molar-refractivity contribution is -0.132. The van der Waals surface area contributed by atoms with E-state index in [1.807, 2.05) is 17.7 Å². The zero-order chi connectivity index (χ0) is 49.0. The molecule has 0 unspecified atom stereocenters. The maximum atomic E-state index is 12.8. The third kappa shape index (κ3) is 11.8. The minimum atomic E-state index is -4.70. The van der Waals surface area contributed by atoms with Gasteiger partial charge < -0.3 is 21.7 Å². The second-order valence-corrected chi connectivity index (χ2v) is 19.3. The minimum Gasteiger partial charge on any atom is -0.365 e. The first-order valence-corrected chi connectivity index (χ1v) is 23.4. The van der Waals surface area contributed by atoms with Gasteiger partial charge in [0.15, 0.2) is 0 Å². The molecule has 23 heteroatoms. The molecule has 0 spiro atoms. The number of amides is 3. The SMILES string of the molecule is CCC1(n2cc(C(N)=O)c(Cc3ccc(S(=O)(=O)C(F)F)cc3)n2)CCN(C(=O)CC#N)CC1.CCC1(n2cc(C(N)=O)c(Cc3ccc(S(=O)(=O)C(F)F)cc3)n2)CCNCC1.[2H]CF. The summed E-state index contributed by atoms with van der Waals surface area (Å²) in [6, 6.07) is 12.0. The largest absolute Gasteiger partial charge is 0.365 e. The van der Waals surface area contributed by atoms with Crippen molar-refractivity contribution in [3.05, 3.63) is 94.6 Å². The number of carbonyl (C=O) groups is 3. The van der Waals surface area contributed by atoms with Crippen LogP contribution < -0.4 is 16.8 Å². The lowest BCUT2D eigenvalue weighted by Crippen LogP contribution is -2.48. The van der Waals surface area contributed by atoms with E-state index in [4.69, 9.17) is 18.1 Å². The monoisotopic (exact) mass is 954 g/mol. The van der Waals surface area contributed by atoms with Gasteiger partial charge in [0.05, 0.1) is 58.0 Å². The molecule has 4 aromatic rings. The van der Waals surface area contributed by atoms with Crippen molar-refractivity contribution in [1.82, 2.24) is 29.8 Å². The number of nitrogens with zero attached hydrogens (tertiary/aromatic N) is 6. The molecule has 2 fully saturated rings. The van der Waals surface area contributed by atoms with Gasteiger partial charge in [0, 0.05) is 38.3 Å². The molecular formula is C42H52F5N9O7S2. The second kappa shape index (κ2) is 22.0. The number of primary amides is 2. The molecule has 3 amide bonds. The van der Waals surface area contributed by atoms with E-state index in [9.17, 15) is 53.2 Å². The Balaban J connectivity index is 0.000000275. The Morgan fingerprint density at radius 2 is 1.12 bits per heavy atom. The fourth-order valence-corrected chi connectivity index (χ4v) is 9.34. The molecule has 65 heavy (non-hydrogen) atoms. The number of nitrogens with two attached hydrogens (primary N) is 2. The highest BCUT2D eigenvalue weighted by Gasteiger charge is 2.38. The molecule has 6 rings (SSSR count). The van der Waals surface area contributed by atoms with Gasteiger partial charge in [-0.3, -0.25) is 28.1 Å². The summed E-state index contributed by atoms with van der Waals surface area (Å²) in [7, 11) is -10.3. The first kappa shape index (κ1) is 50.3. The van der Waals surface area contributed by atoms with E-state index in [0.29, 0.717) is 60.4 Å². The van der Waals surface area contributed by atoms with Crippen molar-refractivity contribution in [1.29, 1.82) is 5.26 Å². The van der Waals surface area contributed by atoms with Crippen LogP contribution in [0.25, 0.3) is 0 Å². The highest BCUT2D eigenvalue weighted by atomic mass is 32.2. The van der Waals surface area contributed by atoms with E-state index in [2.05, 4.69) is 22.4 Å². The Bertz CT molecular complexity index is 2570. The molecule has 354 valence electrons. The molecule has 0 atom stereocenters. The van der Waals surface area contributed by atoms with E-state index in [0.717, 1.165) is 56.6 Å². The molecule has 2 aliphatic heterocycles. The summed E-state index contributed by atoms with van der Waals surface area (Å²) < 4.78 is 116. The summed E-state index contributed by atoms with van der Waals surface area (Å²) in [5.74, 6) is -8.47. The lowest BCUT2D eigenvalue weighted by atomic mass is 9.85. The smallest absolute Gasteiger partial charge is 0.341 e. The van der Waals surface area contributed by atoms with Crippen molar-refractivity contribution in [2.24, 2.45) is 11.5 Å². The molecular weight excluding hydrogens is 902 g/mol. The van der Waals surface area contributed by atoms with Crippen LogP contribution in [0, 0.1) is 11.3 Å². The fraction of sp³-hybridized carbons (Fsp3) is 0.476. The molecule has 2 aliphatic rings. The molecule has 0 radical (unpaired) electrons. The van der Waals surface area contributed by atoms with Gasteiger partial charge in [-0.1, -0.05) is 38.1 Å². The number of sulfone groups is 2. The van der Waals surface area contributed by atoms with Gasteiger partial charge in [0.1, 0.15) is 6.42 Å². The molecule has 16 nitrogen and oxygen atoms in total. The number of hydrogen-bond acceptors (Lipinski definition) is 11. The molecule has 2 saturated heterocycles. The molecule has 4 heterocycles. The van der Waals surface area contributed by atoms with E-state index in [1.165, 1.54) is 24.3 Å². The van der Waals surface area contributed by atoms with Crippen LogP contribution >= 0.6 is 0 Å².